The van der Waals surface area contributed by atoms with Crippen LogP contribution in [0, 0.1) is 13.8 Å². The Kier molecular flexibility index (Phi) is 4.09. The molecule has 22 heavy (non-hydrogen) atoms. The van der Waals surface area contributed by atoms with Gasteiger partial charge < -0.3 is 15.4 Å². The van der Waals surface area contributed by atoms with Crippen LogP contribution in [0.5, 0.6) is 0 Å². The maximum absolute atomic E-state index is 12.7. The van der Waals surface area contributed by atoms with Crippen molar-refractivity contribution < 1.29 is 9.53 Å². The van der Waals surface area contributed by atoms with Crippen LogP contribution in [-0.4, -0.2) is 43.2 Å². The number of aromatic nitrogens is 1. The molecular formula is C17H21N3O2. The van der Waals surface area contributed by atoms with E-state index < -0.39 is 0 Å². The van der Waals surface area contributed by atoms with Crippen molar-refractivity contribution in [3.05, 3.63) is 41.1 Å². The van der Waals surface area contributed by atoms with Crippen LogP contribution in [0.1, 0.15) is 21.6 Å². The van der Waals surface area contributed by atoms with Gasteiger partial charge >= 0.3 is 0 Å². The number of amides is 1. The molecule has 116 valence electrons. The second-order valence-corrected chi connectivity index (χ2v) is 5.84. The van der Waals surface area contributed by atoms with Gasteiger partial charge in [-0.05, 0) is 32.0 Å². The Bertz CT molecular complexity index is 714. The first-order valence-corrected chi connectivity index (χ1v) is 7.51. The Morgan fingerprint density at radius 1 is 1.32 bits per heavy atom. The van der Waals surface area contributed by atoms with Gasteiger partial charge in [0.15, 0.2) is 0 Å². The number of ether oxygens (including phenoxy) is 1. The normalized spacial score (nSPS) is 21.2. The number of carbonyl (C=O) groups excluding carboxylic acids is 1. The van der Waals surface area contributed by atoms with Gasteiger partial charge in [0.1, 0.15) is 0 Å². The molecule has 1 aliphatic heterocycles. The Labute approximate surface area is 130 Å². The number of aryl methyl sites for hydroxylation is 2. The van der Waals surface area contributed by atoms with Crippen LogP contribution in [0.15, 0.2) is 24.3 Å². The van der Waals surface area contributed by atoms with Crippen LogP contribution < -0.4 is 10.6 Å². The number of pyridine rings is 1. The number of benzene rings is 1. The third-order valence-corrected chi connectivity index (χ3v) is 4.11. The molecule has 2 aromatic rings. The van der Waals surface area contributed by atoms with Gasteiger partial charge in [-0.2, -0.15) is 0 Å². The first-order chi connectivity index (χ1) is 10.6. The summed E-state index contributed by atoms with van der Waals surface area (Å²) in [5, 5.41) is 7.21. The lowest BCUT2D eigenvalue weighted by molar-refractivity contribution is 0.0781. The summed E-state index contributed by atoms with van der Waals surface area (Å²) in [5.41, 5.74) is 3.48. The SMILES string of the molecule is CO[C@H]1CNC[C@@H]1NC(=O)c1cc(C)nc2ccc(C)cc12. The van der Waals surface area contributed by atoms with Crippen molar-refractivity contribution in [2.45, 2.75) is 26.0 Å². The average Bonchev–Trinajstić information content (AvgIpc) is 2.94. The van der Waals surface area contributed by atoms with Gasteiger partial charge in [-0.1, -0.05) is 11.6 Å². The van der Waals surface area contributed by atoms with Crippen molar-refractivity contribution >= 4 is 16.8 Å². The first-order valence-electron chi connectivity index (χ1n) is 7.51. The summed E-state index contributed by atoms with van der Waals surface area (Å²) in [4.78, 5) is 17.2. The molecule has 1 aliphatic rings. The van der Waals surface area contributed by atoms with E-state index in [0.29, 0.717) is 5.56 Å². The lowest BCUT2D eigenvalue weighted by atomic mass is 10.0. The number of nitrogens with zero attached hydrogens (tertiary/aromatic N) is 1. The van der Waals surface area contributed by atoms with Gasteiger partial charge in [0.2, 0.25) is 0 Å². The highest BCUT2D eigenvalue weighted by molar-refractivity contribution is 6.06. The fourth-order valence-electron chi connectivity index (χ4n) is 2.95. The summed E-state index contributed by atoms with van der Waals surface area (Å²) in [5.74, 6) is -0.0724. The summed E-state index contributed by atoms with van der Waals surface area (Å²) < 4.78 is 5.40. The van der Waals surface area contributed by atoms with Crippen LogP contribution >= 0.6 is 0 Å². The Hall–Kier alpha value is -1.98. The fraction of sp³-hybridized carbons (Fsp3) is 0.412. The molecule has 2 heterocycles. The molecule has 2 atom stereocenters. The van der Waals surface area contributed by atoms with Crippen molar-refractivity contribution in [3.63, 3.8) is 0 Å². The average molecular weight is 299 g/mol. The fourth-order valence-corrected chi connectivity index (χ4v) is 2.95. The predicted octanol–water partition coefficient (Wildman–Crippen LogP) is 1.57. The molecule has 1 aromatic carbocycles. The van der Waals surface area contributed by atoms with Crippen LogP contribution in [0.2, 0.25) is 0 Å². The largest absolute Gasteiger partial charge is 0.378 e. The van der Waals surface area contributed by atoms with E-state index in [1.807, 2.05) is 38.1 Å². The Morgan fingerprint density at radius 3 is 2.91 bits per heavy atom. The number of carbonyl (C=O) groups is 1. The topological polar surface area (TPSA) is 63.2 Å². The molecular weight excluding hydrogens is 278 g/mol. The minimum absolute atomic E-state index is 0.00849. The second kappa shape index (κ2) is 6.02. The van der Waals surface area contributed by atoms with Gasteiger partial charge in [-0.3, -0.25) is 9.78 Å². The highest BCUT2D eigenvalue weighted by atomic mass is 16.5. The van der Waals surface area contributed by atoms with Crippen molar-refractivity contribution in [2.24, 2.45) is 0 Å². The molecule has 1 aromatic heterocycles. The lowest BCUT2D eigenvalue weighted by Crippen LogP contribution is -2.43. The molecule has 2 N–H and O–H groups in total. The van der Waals surface area contributed by atoms with E-state index >= 15 is 0 Å². The molecule has 5 nitrogen and oxygen atoms in total. The van der Waals surface area contributed by atoms with E-state index in [4.69, 9.17) is 4.74 Å². The van der Waals surface area contributed by atoms with Gasteiger partial charge in [0.05, 0.1) is 23.2 Å². The molecule has 0 aliphatic carbocycles. The van der Waals surface area contributed by atoms with E-state index in [2.05, 4.69) is 15.6 Å². The molecule has 3 rings (SSSR count). The minimum atomic E-state index is -0.0724. The summed E-state index contributed by atoms with van der Waals surface area (Å²) >= 11 is 0. The zero-order chi connectivity index (χ0) is 15.7. The molecule has 5 heteroatoms. The van der Waals surface area contributed by atoms with Crippen molar-refractivity contribution in [1.82, 2.24) is 15.6 Å². The van der Waals surface area contributed by atoms with Gasteiger partial charge in [0.25, 0.3) is 5.91 Å². The Balaban J connectivity index is 1.94. The maximum atomic E-state index is 12.7. The predicted molar refractivity (Wildman–Crippen MR) is 86.1 cm³/mol. The standard InChI is InChI=1S/C17H21N3O2/c1-10-4-5-14-12(6-10)13(7-11(2)19-14)17(21)20-15-8-18-9-16(15)22-3/h4-7,15-16,18H,8-9H2,1-3H3,(H,20,21)/t15-,16-/m0/s1. The van der Waals surface area contributed by atoms with E-state index in [9.17, 15) is 4.79 Å². The van der Waals surface area contributed by atoms with Crippen molar-refractivity contribution in [2.75, 3.05) is 20.2 Å². The maximum Gasteiger partial charge on any atom is 0.252 e. The third-order valence-electron chi connectivity index (χ3n) is 4.11. The van der Waals surface area contributed by atoms with Crippen LogP contribution in [0.3, 0.4) is 0 Å². The molecule has 0 saturated carbocycles. The first kappa shape index (κ1) is 14.9. The quantitative estimate of drug-likeness (QED) is 0.903. The summed E-state index contributed by atoms with van der Waals surface area (Å²) in [6.07, 6.45) is 0.0138. The van der Waals surface area contributed by atoms with Crippen molar-refractivity contribution in [1.29, 1.82) is 0 Å². The summed E-state index contributed by atoms with van der Waals surface area (Å²) in [6, 6.07) is 7.83. The summed E-state index contributed by atoms with van der Waals surface area (Å²) in [6.45, 7) is 5.41. The van der Waals surface area contributed by atoms with Gasteiger partial charge in [0, 0.05) is 31.3 Å². The number of methoxy groups -OCH3 is 1. The van der Waals surface area contributed by atoms with E-state index in [1.54, 1.807) is 7.11 Å². The molecule has 1 amide bonds. The van der Waals surface area contributed by atoms with Crippen LogP contribution in [0.4, 0.5) is 0 Å². The monoisotopic (exact) mass is 299 g/mol. The molecule has 0 unspecified atom stereocenters. The van der Waals surface area contributed by atoms with Crippen LogP contribution in [0.25, 0.3) is 10.9 Å². The molecule has 1 saturated heterocycles. The van der Waals surface area contributed by atoms with E-state index in [-0.39, 0.29) is 18.1 Å². The smallest absolute Gasteiger partial charge is 0.252 e. The number of hydrogen-bond donors (Lipinski definition) is 2. The van der Waals surface area contributed by atoms with Gasteiger partial charge in [-0.15, -0.1) is 0 Å². The van der Waals surface area contributed by atoms with E-state index in [0.717, 1.165) is 35.2 Å². The number of rotatable bonds is 3. The lowest BCUT2D eigenvalue weighted by Gasteiger charge is -2.19. The third kappa shape index (κ3) is 2.82. The molecule has 0 bridgehead atoms. The highest BCUT2D eigenvalue weighted by Crippen LogP contribution is 2.20. The second-order valence-electron chi connectivity index (χ2n) is 5.84. The Morgan fingerprint density at radius 2 is 2.14 bits per heavy atom. The van der Waals surface area contributed by atoms with E-state index in [1.165, 1.54) is 0 Å². The molecule has 0 radical (unpaired) electrons. The van der Waals surface area contributed by atoms with Crippen molar-refractivity contribution in [3.8, 4) is 0 Å². The van der Waals surface area contributed by atoms with Crippen LogP contribution in [-0.2, 0) is 4.74 Å². The molecule has 0 spiro atoms. The zero-order valence-corrected chi connectivity index (χ0v) is 13.1. The van der Waals surface area contributed by atoms with Gasteiger partial charge in [-0.25, -0.2) is 0 Å². The highest BCUT2D eigenvalue weighted by Gasteiger charge is 2.28. The number of fused-ring (bicyclic) bond motifs is 1. The minimum Gasteiger partial charge on any atom is -0.378 e. The summed E-state index contributed by atoms with van der Waals surface area (Å²) in [7, 11) is 1.67. The number of nitrogens with one attached hydrogen (secondary N) is 2. The number of hydrogen-bond acceptors (Lipinski definition) is 4. The zero-order valence-electron chi connectivity index (χ0n) is 13.1. The molecule has 1 fully saturated rings.